The number of anilines is 1. The molecule has 4 atom stereocenters. The van der Waals surface area contributed by atoms with E-state index in [1.807, 2.05) is 55.2 Å². The van der Waals surface area contributed by atoms with Crippen molar-refractivity contribution < 1.29 is 19.4 Å². The van der Waals surface area contributed by atoms with Crippen molar-refractivity contribution in [3.05, 3.63) is 71.3 Å². The maximum absolute atomic E-state index is 13.9. The predicted molar refractivity (Wildman–Crippen MR) is 152 cm³/mol. The predicted octanol–water partition coefficient (Wildman–Crippen LogP) is 5.83. The summed E-state index contributed by atoms with van der Waals surface area (Å²) in [5.41, 5.74) is 4.20. The lowest BCUT2D eigenvalue weighted by Gasteiger charge is -2.31. The molecule has 0 bridgehead atoms. The molecule has 2 aliphatic heterocycles. The van der Waals surface area contributed by atoms with Gasteiger partial charge < -0.3 is 14.7 Å². The lowest BCUT2D eigenvalue weighted by Crippen LogP contribution is -2.45. The van der Waals surface area contributed by atoms with Gasteiger partial charge in [0.05, 0.1) is 19.1 Å². The minimum absolute atomic E-state index is 0.0277. The fourth-order valence-electron chi connectivity index (χ4n) is 6.12. The number of hydrogen-bond donors (Lipinski definition) is 1. The monoisotopic (exact) mass is 518 g/mol. The Morgan fingerprint density at radius 1 is 1.24 bits per heavy atom. The van der Waals surface area contributed by atoms with Crippen LogP contribution in [0.25, 0.3) is 0 Å². The van der Waals surface area contributed by atoms with E-state index in [2.05, 4.69) is 37.0 Å². The molecule has 1 saturated heterocycles. The topological polar surface area (TPSA) is 70.1 Å². The zero-order chi connectivity index (χ0) is 27.2. The van der Waals surface area contributed by atoms with Crippen LogP contribution in [0, 0.1) is 18.8 Å². The van der Waals surface area contributed by atoms with Crippen LogP contribution in [0.5, 0.6) is 5.75 Å². The second kappa shape index (κ2) is 12.6. The van der Waals surface area contributed by atoms with E-state index >= 15 is 0 Å². The number of aryl methyl sites for hydroxylation is 1. The Bertz CT molecular complexity index is 1160. The minimum atomic E-state index is -0.791. The molecule has 204 valence electrons. The summed E-state index contributed by atoms with van der Waals surface area (Å²) < 4.78 is 5.69. The van der Waals surface area contributed by atoms with Crippen LogP contribution >= 0.6 is 0 Å². The first-order valence-corrected chi connectivity index (χ1v) is 14.0. The van der Waals surface area contributed by atoms with Gasteiger partial charge >= 0.3 is 5.97 Å². The maximum atomic E-state index is 13.9. The third-order valence-corrected chi connectivity index (χ3v) is 8.00. The maximum Gasteiger partial charge on any atom is 0.308 e. The van der Waals surface area contributed by atoms with Gasteiger partial charge in [0, 0.05) is 37.2 Å². The largest absolute Gasteiger partial charge is 0.493 e. The number of nitrogens with zero attached hydrogens (tertiary/aromatic N) is 2. The van der Waals surface area contributed by atoms with Crippen LogP contribution in [-0.2, 0) is 16.0 Å². The third kappa shape index (κ3) is 6.29. The van der Waals surface area contributed by atoms with Gasteiger partial charge in [-0.25, -0.2) is 0 Å². The smallest absolute Gasteiger partial charge is 0.308 e. The quantitative estimate of drug-likeness (QED) is 0.379. The summed E-state index contributed by atoms with van der Waals surface area (Å²) in [6.07, 6.45) is 7.60. The average molecular weight is 519 g/mol. The number of allylic oxidation sites excluding steroid dienone is 2. The van der Waals surface area contributed by atoms with Crippen molar-refractivity contribution in [3.63, 3.8) is 0 Å². The zero-order valence-electron chi connectivity index (χ0n) is 23.2. The molecule has 0 aliphatic carbocycles. The van der Waals surface area contributed by atoms with Crippen molar-refractivity contribution in [3.8, 4) is 5.75 Å². The fourth-order valence-corrected chi connectivity index (χ4v) is 6.12. The summed E-state index contributed by atoms with van der Waals surface area (Å²) in [5.74, 6) is -0.421. The van der Waals surface area contributed by atoms with Crippen LogP contribution in [0.1, 0.15) is 62.6 Å². The summed E-state index contributed by atoms with van der Waals surface area (Å²) in [6, 6.07) is 14.0. The molecule has 1 N–H and O–H groups in total. The Morgan fingerprint density at radius 3 is 2.76 bits per heavy atom. The van der Waals surface area contributed by atoms with Gasteiger partial charge in [-0.15, -0.1) is 0 Å². The van der Waals surface area contributed by atoms with Crippen molar-refractivity contribution >= 4 is 17.6 Å². The van der Waals surface area contributed by atoms with Crippen molar-refractivity contribution in [2.24, 2.45) is 11.8 Å². The molecule has 6 nitrogen and oxygen atoms in total. The molecule has 2 aromatic rings. The lowest BCUT2D eigenvalue weighted by molar-refractivity contribution is -0.143. The minimum Gasteiger partial charge on any atom is -0.493 e. The first-order valence-electron chi connectivity index (χ1n) is 14.0. The van der Waals surface area contributed by atoms with Crippen LogP contribution in [0.15, 0.2) is 54.6 Å². The lowest BCUT2D eigenvalue weighted by atomic mass is 9.82. The Labute approximate surface area is 227 Å². The Balaban J connectivity index is 1.65. The number of aliphatic carboxylic acids is 1. The first kappa shape index (κ1) is 27.9. The summed E-state index contributed by atoms with van der Waals surface area (Å²) >= 11 is 0. The van der Waals surface area contributed by atoms with Crippen LogP contribution in [0.4, 0.5) is 5.69 Å². The molecule has 0 spiro atoms. The molecule has 0 radical (unpaired) electrons. The SMILES string of the molecule is C/C=C/[C@@H](C)C[C@H]1[C@H](C(=O)O)[C@@H](c2ccc3c(c2)CCO3)CN1CC(=O)N(CCCC)c1cccc(C)c1. The second-order valence-electron chi connectivity index (χ2n) is 10.9. The van der Waals surface area contributed by atoms with Gasteiger partial charge in [-0.05, 0) is 67.5 Å². The highest BCUT2D eigenvalue weighted by Crippen LogP contribution is 2.42. The molecular weight excluding hydrogens is 476 g/mol. The zero-order valence-corrected chi connectivity index (χ0v) is 23.2. The van der Waals surface area contributed by atoms with E-state index in [0.29, 0.717) is 26.1 Å². The number of rotatable bonds is 11. The molecule has 0 saturated carbocycles. The second-order valence-corrected chi connectivity index (χ2v) is 10.9. The van der Waals surface area contributed by atoms with Gasteiger partial charge in [-0.3, -0.25) is 14.5 Å². The summed E-state index contributed by atoms with van der Waals surface area (Å²) in [4.78, 5) is 30.7. The normalized spacial score (nSPS) is 21.8. The number of carbonyl (C=O) groups excluding carboxylic acids is 1. The van der Waals surface area contributed by atoms with Gasteiger partial charge in [0.25, 0.3) is 0 Å². The molecule has 6 heteroatoms. The molecule has 38 heavy (non-hydrogen) atoms. The summed E-state index contributed by atoms with van der Waals surface area (Å²) in [7, 11) is 0. The average Bonchev–Trinajstić information content (AvgIpc) is 3.49. The van der Waals surface area contributed by atoms with Crippen LogP contribution in [-0.4, -0.2) is 54.2 Å². The number of ether oxygens (including phenoxy) is 1. The number of amides is 1. The van der Waals surface area contributed by atoms with E-state index in [1.165, 1.54) is 0 Å². The molecule has 4 rings (SSSR count). The van der Waals surface area contributed by atoms with Crippen molar-refractivity contribution in [2.45, 2.75) is 65.3 Å². The molecular formula is C32H42N2O4. The van der Waals surface area contributed by atoms with Gasteiger partial charge in [0.1, 0.15) is 5.75 Å². The fraction of sp³-hybridized carbons (Fsp3) is 0.500. The standard InChI is InChI=1S/C32H42N2O4/c1-5-7-15-34(26-11-8-10-23(4)17-26)30(35)21-33-20-27(24-12-13-29-25(19-24)14-16-38-29)31(32(36)37)28(33)18-22(3)9-6-2/h6,8-13,17,19,22,27-28,31H,5,7,14-16,18,20-21H2,1-4H3,(H,36,37)/b9-6+/t22-,27-,28+,31-/m1/s1. The highest BCUT2D eigenvalue weighted by molar-refractivity contribution is 5.95. The number of carboxylic acids is 1. The van der Waals surface area contributed by atoms with Crippen molar-refractivity contribution in [1.82, 2.24) is 4.90 Å². The highest BCUT2D eigenvalue weighted by atomic mass is 16.5. The number of benzene rings is 2. The molecule has 2 heterocycles. The number of likely N-dealkylation sites (tertiary alicyclic amines) is 1. The van der Waals surface area contributed by atoms with E-state index in [4.69, 9.17) is 4.74 Å². The Kier molecular flexibility index (Phi) is 9.26. The van der Waals surface area contributed by atoms with Crippen molar-refractivity contribution in [2.75, 3.05) is 31.1 Å². The number of carbonyl (C=O) groups is 2. The summed E-state index contributed by atoms with van der Waals surface area (Å²) in [6.45, 7) is 10.4. The molecule has 2 aliphatic rings. The van der Waals surface area contributed by atoms with Gasteiger partial charge in [0.15, 0.2) is 0 Å². The van der Waals surface area contributed by atoms with E-state index in [0.717, 1.165) is 47.4 Å². The van der Waals surface area contributed by atoms with Crippen LogP contribution in [0.2, 0.25) is 0 Å². The van der Waals surface area contributed by atoms with Gasteiger partial charge in [-0.1, -0.05) is 56.7 Å². The Hall–Kier alpha value is -3.12. The number of fused-ring (bicyclic) bond motifs is 1. The Morgan fingerprint density at radius 2 is 2.05 bits per heavy atom. The highest BCUT2D eigenvalue weighted by Gasteiger charge is 2.47. The van der Waals surface area contributed by atoms with Crippen LogP contribution in [0.3, 0.4) is 0 Å². The van der Waals surface area contributed by atoms with Crippen LogP contribution < -0.4 is 9.64 Å². The molecule has 0 unspecified atom stereocenters. The van der Waals surface area contributed by atoms with Gasteiger partial charge in [-0.2, -0.15) is 0 Å². The molecule has 1 amide bonds. The van der Waals surface area contributed by atoms with Gasteiger partial charge in [0.2, 0.25) is 5.91 Å². The summed E-state index contributed by atoms with van der Waals surface area (Å²) in [5, 5.41) is 10.5. The van der Waals surface area contributed by atoms with E-state index in [9.17, 15) is 14.7 Å². The molecule has 1 fully saturated rings. The van der Waals surface area contributed by atoms with Crippen molar-refractivity contribution in [1.29, 1.82) is 0 Å². The number of carboxylic acid groups (broad SMARTS) is 1. The third-order valence-electron chi connectivity index (χ3n) is 8.00. The van der Waals surface area contributed by atoms with E-state index in [1.54, 1.807) is 0 Å². The van der Waals surface area contributed by atoms with E-state index < -0.39 is 11.9 Å². The molecule has 2 aromatic carbocycles. The molecule has 0 aromatic heterocycles. The number of hydrogen-bond acceptors (Lipinski definition) is 4. The number of unbranched alkanes of at least 4 members (excludes halogenated alkanes) is 1. The first-order chi connectivity index (χ1) is 18.3. The van der Waals surface area contributed by atoms with E-state index in [-0.39, 0.29) is 30.3 Å².